The number of amides is 2. The number of piperazine rings is 1. The second kappa shape index (κ2) is 6.18. The zero-order valence-electron chi connectivity index (χ0n) is 11.2. The Morgan fingerprint density at radius 3 is 2.78 bits per heavy atom. The minimum absolute atomic E-state index is 0.0464. The molecule has 1 saturated heterocycles. The van der Waals surface area contributed by atoms with Crippen molar-refractivity contribution in [3.63, 3.8) is 0 Å². The molecule has 0 aromatic heterocycles. The van der Waals surface area contributed by atoms with E-state index in [4.69, 9.17) is 0 Å². The van der Waals surface area contributed by atoms with Gasteiger partial charge in [0.25, 0.3) is 0 Å². The summed E-state index contributed by atoms with van der Waals surface area (Å²) in [5, 5.41) is 2.74. The Morgan fingerprint density at radius 2 is 2.11 bits per heavy atom. The SMILES string of the molecule is CN(CC(=O)N1CCNC(=O)C1)C1CCCCC1. The molecule has 1 heterocycles. The van der Waals surface area contributed by atoms with Crippen LogP contribution in [0.25, 0.3) is 0 Å². The van der Waals surface area contributed by atoms with E-state index in [0.717, 1.165) is 0 Å². The lowest BCUT2D eigenvalue weighted by Gasteiger charge is -2.33. The van der Waals surface area contributed by atoms with Gasteiger partial charge in [0.1, 0.15) is 0 Å². The Hall–Kier alpha value is -1.10. The van der Waals surface area contributed by atoms with Crippen LogP contribution in [-0.4, -0.2) is 60.9 Å². The zero-order chi connectivity index (χ0) is 13.0. The minimum atomic E-state index is -0.0464. The highest BCUT2D eigenvalue weighted by molar-refractivity contribution is 5.86. The first kappa shape index (κ1) is 13.3. The van der Waals surface area contributed by atoms with Gasteiger partial charge in [-0.1, -0.05) is 19.3 Å². The fourth-order valence-corrected chi connectivity index (χ4v) is 2.82. The van der Waals surface area contributed by atoms with Gasteiger partial charge in [-0.25, -0.2) is 0 Å². The van der Waals surface area contributed by atoms with Gasteiger partial charge in [-0.05, 0) is 19.9 Å². The van der Waals surface area contributed by atoms with Crippen molar-refractivity contribution < 1.29 is 9.59 Å². The maximum absolute atomic E-state index is 12.1. The summed E-state index contributed by atoms with van der Waals surface area (Å²) >= 11 is 0. The first-order valence-corrected chi connectivity index (χ1v) is 6.91. The Bertz CT molecular complexity index is 313. The second-order valence-electron chi connectivity index (χ2n) is 5.37. The second-order valence-corrected chi connectivity index (χ2v) is 5.37. The summed E-state index contributed by atoms with van der Waals surface area (Å²) in [4.78, 5) is 27.2. The third-order valence-electron chi connectivity index (χ3n) is 3.97. The third kappa shape index (κ3) is 3.45. The molecular weight excluding hydrogens is 230 g/mol. The molecule has 0 radical (unpaired) electrons. The maximum atomic E-state index is 12.1. The van der Waals surface area contributed by atoms with Crippen molar-refractivity contribution in [2.75, 3.05) is 33.2 Å². The van der Waals surface area contributed by atoms with E-state index in [-0.39, 0.29) is 18.4 Å². The first-order valence-electron chi connectivity index (χ1n) is 6.91. The Labute approximate surface area is 108 Å². The van der Waals surface area contributed by atoms with Gasteiger partial charge >= 0.3 is 0 Å². The van der Waals surface area contributed by atoms with E-state index in [1.54, 1.807) is 4.90 Å². The fourth-order valence-electron chi connectivity index (χ4n) is 2.82. The first-order chi connectivity index (χ1) is 8.66. The molecule has 2 rings (SSSR count). The van der Waals surface area contributed by atoms with E-state index >= 15 is 0 Å². The summed E-state index contributed by atoms with van der Waals surface area (Å²) < 4.78 is 0. The van der Waals surface area contributed by atoms with Gasteiger partial charge < -0.3 is 10.2 Å². The molecule has 5 nitrogen and oxygen atoms in total. The largest absolute Gasteiger partial charge is 0.353 e. The molecule has 0 aromatic carbocycles. The van der Waals surface area contributed by atoms with Crippen LogP contribution in [0.5, 0.6) is 0 Å². The summed E-state index contributed by atoms with van der Waals surface area (Å²) in [5.41, 5.74) is 0. The molecule has 0 atom stereocenters. The van der Waals surface area contributed by atoms with Gasteiger partial charge in [0.2, 0.25) is 11.8 Å². The summed E-state index contributed by atoms with van der Waals surface area (Å²) in [7, 11) is 2.03. The molecule has 18 heavy (non-hydrogen) atoms. The monoisotopic (exact) mass is 253 g/mol. The fraction of sp³-hybridized carbons (Fsp3) is 0.846. The van der Waals surface area contributed by atoms with Crippen LogP contribution in [0, 0.1) is 0 Å². The van der Waals surface area contributed by atoms with Gasteiger partial charge in [-0.2, -0.15) is 0 Å². The number of nitrogens with one attached hydrogen (secondary N) is 1. The average molecular weight is 253 g/mol. The number of likely N-dealkylation sites (N-methyl/N-ethyl adjacent to an activating group) is 1. The number of rotatable bonds is 3. The van der Waals surface area contributed by atoms with Crippen LogP contribution in [0.15, 0.2) is 0 Å². The molecule has 1 N–H and O–H groups in total. The quantitative estimate of drug-likeness (QED) is 0.782. The number of carbonyl (C=O) groups is 2. The number of hydrogen-bond acceptors (Lipinski definition) is 3. The lowest BCUT2D eigenvalue weighted by Crippen LogP contribution is -2.52. The van der Waals surface area contributed by atoms with Gasteiger partial charge in [-0.15, -0.1) is 0 Å². The van der Waals surface area contributed by atoms with Crippen molar-refractivity contribution in [3.05, 3.63) is 0 Å². The molecule has 0 bridgehead atoms. The van der Waals surface area contributed by atoms with Crippen LogP contribution in [0.3, 0.4) is 0 Å². The molecule has 5 heteroatoms. The van der Waals surface area contributed by atoms with Crippen LogP contribution < -0.4 is 5.32 Å². The summed E-state index contributed by atoms with van der Waals surface area (Å²) in [6, 6.07) is 0.543. The van der Waals surface area contributed by atoms with Crippen LogP contribution in [0.2, 0.25) is 0 Å². The lowest BCUT2D eigenvalue weighted by molar-refractivity contribution is -0.139. The van der Waals surface area contributed by atoms with Crippen LogP contribution >= 0.6 is 0 Å². The minimum Gasteiger partial charge on any atom is -0.353 e. The van der Waals surface area contributed by atoms with E-state index in [0.29, 0.717) is 25.7 Å². The van der Waals surface area contributed by atoms with E-state index in [1.165, 1.54) is 32.1 Å². The lowest BCUT2D eigenvalue weighted by atomic mass is 9.94. The van der Waals surface area contributed by atoms with Crippen molar-refractivity contribution >= 4 is 11.8 Å². The third-order valence-corrected chi connectivity index (χ3v) is 3.97. The van der Waals surface area contributed by atoms with Crippen LogP contribution in [0.1, 0.15) is 32.1 Å². The van der Waals surface area contributed by atoms with Crippen molar-refractivity contribution in [3.8, 4) is 0 Å². The standard InChI is InChI=1S/C13H23N3O2/c1-15(11-5-3-2-4-6-11)10-13(18)16-8-7-14-12(17)9-16/h11H,2-10H2,1H3,(H,14,17). The van der Waals surface area contributed by atoms with Crippen molar-refractivity contribution in [1.82, 2.24) is 15.1 Å². The number of nitrogens with zero attached hydrogens (tertiary/aromatic N) is 2. The van der Waals surface area contributed by atoms with Gasteiger partial charge in [-0.3, -0.25) is 14.5 Å². The molecule has 102 valence electrons. The summed E-state index contributed by atoms with van der Waals surface area (Å²) in [6.07, 6.45) is 6.27. The Morgan fingerprint density at radius 1 is 1.39 bits per heavy atom. The molecule has 0 spiro atoms. The Balaban J connectivity index is 1.80. The van der Waals surface area contributed by atoms with Crippen molar-refractivity contribution in [2.45, 2.75) is 38.1 Å². The van der Waals surface area contributed by atoms with Gasteiger partial charge in [0, 0.05) is 19.1 Å². The van der Waals surface area contributed by atoms with Crippen molar-refractivity contribution in [1.29, 1.82) is 0 Å². The summed E-state index contributed by atoms with van der Waals surface area (Å²) in [5.74, 6) is 0.0350. The molecule has 2 amide bonds. The molecule has 1 aliphatic carbocycles. The number of carbonyl (C=O) groups excluding carboxylic acids is 2. The topological polar surface area (TPSA) is 52.7 Å². The van der Waals surface area contributed by atoms with Gasteiger partial charge in [0.05, 0.1) is 13.1 Å². The Kier molecular flexibility index (Phi) is 4.58. The predicted octanol–water partition coefficient (Wildman–Crippen LogP) is 0.209. The molecule has 0 aromatic rings. The van der Waals surface area contributed by atoms with Gasteiger partial charge in [0.15, 0.2) is 0 Å². The molecule has 0 unspecified atom stereocenters. The zero-order valence-corrected chi connectivity index (χ0v) is 11.2. The van der Waals surface area contributed by atoms with E-state index < -0.39 is 0 Å². The number of hydrogen-bond donors (Lipinski definition) is 1. The molecule has 1 saturated carbocycles. The molecule has 2 aliphatic rings. The molecule has 2 fully saturated rings. The highest BCUT2D eigenvalue weighted by atomic mass is 16.2. The average Bonchev–Trinajstić information content (AvgIpc) is 2.39. The smallest absolute Gasteiger partial charge is 0.239 e. The molecular formula is C13H23N3O2. The highest BCUT2D eigenvalue weighted by Crippen LogP contribution is 2.21. The maximum Gasteiger partial charge on any atom is 0.239 e. The normalized spacial score (nSPS) is 22.1. The van der Waals surface area contributed by atoms with Crippen molar-refractivity contribution in [2.24, 2.45) is 0 Å². The molecule has 1 aliphatic heterocycles. The van der Waals surface area contributed by atoms with E-state index in [1.807, 2.05) is 7.05 Å². The van der Waals surface area contributed by atoms with E-state index in [2.05, 4.69) is 10.2 Å². The van der Waals surface area contributed by atoms with Crippen LogP contribution in [-0.2, 0) is 9.59 Å². The summed E-state index contributed by atoms with van der Waals surface area (Å²) in [6.45, 7) is 1.89. The predicted molar refractivity (Wildman–Crippen MR) is 69.1 cm³/mol. The van der Waals surface area contributed by atoms with Crippen LogP contribution in [0.4, 0.5) is 0 Å². The highest BCUT2D eigenvalue weighted by Gasteiger charge is 2.25. The van der Waals surface area contributed by atoms with E-state index in [9.17, 15) is 9.59 Å².